The highest BCUT2D eigenvalue weighted by Gasteiger charge is 1.88. The lowest BCUT2D eigenvalue weighted by molar-refractivity contribution is 0.475. The summed E-state index contributed by atoms with van der Waals surface area (Å²) < 4.78 is 11.1. The Kier molecular flexibility index (Phi) is 2.16. The van der Waals surface area contributed by atoms with Crippen molar-refractivity contribution in [1.82, 2.24) is 0 Å². The van der Waals surface area contributed by atoms with Crippen LogP contribution in [0.25, 0.3) is 0 Å². The van der Waals surface area contributed by atoms with Crippen molar-refractivity contribution in [3.05, 3.63) is 27.8 Å². The van der Waals surface area contributed by atoms with E-state index in [1.54, 1.807) is 12.1 Å². The summed E-state index contributed by atoms with van der Waals surface area (Å²) in [5.41, 5.74) is 0. The van der Waals surface area contributed by atoms with Gasteiger partial charge in [-0.2, -0.15) is 0 Å². The van der Waals surface area contributed by atoms with E-state index in [2.05, 4.69) is 0 Å². The molecule has 1 N–H and O–H groups in total. The molecule has 0 atom stereocenters. The molecule has 9 heavy (non-hydrogen) atoms. The largest absolute Gasteiger partial charge is 0.508 e. The lowest BCUT2D eigenvalue weighted by Gasteiger charge is -1.87. The minimum absolute atomic E-state index is 0.219. The van der Waals surface area contributed by atoms with E-state index in [-0.39, 0.29) is 5.75 Å². The zero-order valence-corrected chi connectivity index (χ0v) is 6.70. The molecule has 0 aliphatic heterocycles. The Balaban J connectivity index is 3.01. The summed E-state index contributed by atoms with van der Waals surface area (Å²) in [6.45, 7) is 0. The van der Waals surface area contributed by atoms with Gasteiger partial charge in [0.15, 0.2) is 21.2 Å². The molecular formula is C6H5IO2. The van der Waals surface area contributed by atoms with Crippen molar-refractivity contribution in [2.45, 2.75) is 0 Å². The predicted octanol–water partition coefficient (Wildman–Crippen LogP) is 1.88. The summed E-state index contributed by atoms with van der Waals surface area (Å²) in [7, 11) is 0. The number of hydrogen-bond acceptors (Lipinski definition) is 2. The molecule has 1 rings (SSSR count). The number of halogens is 1. The van der Waals surface area contributed by atoms with Crippen LogP contribution in [0, 0.1) is 3.57 Å². The molecule has 0 unspecified atom stereocenters. The molecule has 1 aromatic rings. The molecule has 1 aromatic carbocycles. The molecule has 48 valence electrons. The first kappa shape index (κ1) is 6.67. The number of hydrogen-bond donors (Lipinski definition) is 1. The van der Waals surface area contributed by atoms with Crippen LogP contribution in [0.5, 0.6) is 5.75 Å². The molecule has 0 heterocycles. The highest BCUT2D eigenvalue weighted by atomic mass is 127. The second-order valence-corrected chi connectivity index (χ2v) is 3.24. The van der Waals surface area contributed by atoms with Crippen LogP contribution in [-0.4, -0.2) is 5.11 Å². The molecule has 0 amide bonds. The second kappa shape index (κ2) is 2.91. The summed E-state index contributed by atoms with van der Waals surface area (Å²) in [6, 6.07) is 6.39. The van der Waals surface area contributed by atoms with Crippen LogP contribution in [-0.2, 0) is 3.07 Å². The first-order valence-corrected chi connectivity index (χ1v) is 4.35. The van der Waals surface area contributed by atoms with E-state index in [0.29, 0.717) is 0 Å². The maximum Gasteiger partial charge on any atom is 0.182 e. The third-order valence-corrected chi connectivity index (χ3v) is 2.14. The van der Waals surface area contributed by atoms with Gasteiger partial charge in [0.2, 0.25) is 0 Å². The molecule has 0 saturated heterocycles. The number of aromatic hydroxyl groups is 1. The molecule has 0 spiro atoms. The molecule has 0 aromatic heterocycles. The maximum absolute atomic E-state index is 10.3. The van der Waals surface area contributed by atoms with Crippen molar-refractivity contribution in [1.29, 1.82) is 0 Å². The molecule has 2 nitrogen and oxygen atoms in total. The molecule has 0 bridgehead atoms. The van der Waals surface area contributed by atoms with Gasteiger partial charge in [-0.1, -0.05) is 0 Å². The quantitative estimate of drug-likeness (QED) is 0.755. The van der Waals surface area contributed by atoms with Crippen LogP contribution in [0.4, 0.5) is 0 Å². The fourth-order valence-corrected chi connectivity index (χ4v) is 1.15. The SMILES string of the molecule is O=Ic1ccc(O)cc1. The van der Waals surface area contributed by atoms with Gasteiger partial charge in [-0.25, -0.2) is 0 Å². The van der Waals surface area contributed by atoms with E-state index >= 15 is 0 Å². The van der Waals surface area contributed by atoms with Gasteiger partial charge >= 0.3 is 0 Å². The summed E-state index contributed by atoms with van der Waals surface area (Å²) in [5, 5.41) is 8.76. The zero-order chi connectivity index (χ0) is 6.69. The summed E-state index contributed by atoms with van der Waals surface area (Å²) in [5.74, 6) is 0.219. The van der Waals surface area contributed by atoms with Crippen LogP contribution in [0.3, 0.4) is 0 Å². The smallest absolute Gasteiger partial charge is 0.182 e. The van der Waals surface area contributed by atoms with Crippen molar-refractivity contribution >= 4 is 21.2 Å². The molecule has 0 aliphatic rings. The molecule has 0 radical (unpaired) electrons. The monoisotopic (exact) mass is 236 g/mol. The van der Waals surface area contributed by atoms with Gasteiger partial charge in [0, 0.05) is 3.57 Å². The molecule has 0 saturated carbocycles. The fourth-order valence-electron chi connectivity index (χ4n) is 0.493. The molecule has 0 aliphatic carbocycles. The fraction of sp³-hybridized carbons (Fsp3) is 0. The van der Waals surface area contributed by atoms with E-state index in [1.165, 1.54) is 12.1 Å². The van der Waals surface area contributed by atoms with Crippen molar-refractivity contribution < 1.29 is 8.18 Å². The Morgan fingerprint density at radius 3 is 2.22 bits per heavy atom. The molecule has 3 heteroatoms. The average molecular weight is 236 g/mol. The average Bonchev–Trinajstić information content (AvgIpc) is 1.90. The Labute approximate surface area is 63.2 Å². The number of benzene rings is 1. The van der Waals surface area contributed by atoms with Gasteiger partial charge in [-0.15, -0.1) is 0 Å². The third kappa shape index (κ3) is 1.74. The number of phenolic OH excluding ortho intramolecular Hbond substituents is 1. The summed E-state index contributed by atoms with van der Waals surface area (Å²) >= 11 is -1.06. The lowest BCUT2D eigenvalue weighted by Crippen LogP contribution is -1.66. The Bertz CT molecular complexity index is 205. The minimum atomic E-state index is -1.06. The van der Waals surface area contributed by atoms with Gasteiger partial charge < -0.3 is 5.11 Å². The van der Waals surface area contributed by atoms with E-state index < -0.39 is 21.2 Å². The van der Waals surface area contributed by atoms with Gasteiger partial charge in [0.05, 0.1) is 0 Å². The van der Waals surface area contributed by atoms with Crippen LogP contribution in [0.2, 0.25) is 0 Å². The van der Waals surface area contributed by atoms with Gasteiger partial charge in [-0.3, -0.25) is 3.07 Å². The summed E-state index contributed by atoms with van der Waals surface area (Å²) in [6.07, 6.45) is 0. The van der Waals surface area contributed by atoms with Crippen LogP contribution >= 0.6 is 21.2 Å². The standard InChI is InChI=1S/C6H5IO2/c8-6-3-1-5(7-9)2-4-6/h1-4,8H. The molecule has 0 fully saturated rings. The van der Waals surface area contributed by atoms with Gasteiger partial charge in [0.1, 0.15) is 5.75 Å². The topological polar surface area (TPSA) is 37.3 Å². The van der Waals surface area contributed by atoms with Crippen LogP contribution in [0.15, 0.2) is 24.3 Å². The normalized spacial score (nSPS) is 9.33. The lowest BCUT2D eigenvalue weighted by atomic mass is 10.3. The predicted molar refractivity (Wildman–Crippen MR) is 41.5 cm³/mol. The minimum Gasteiger partial charge on any atom is -0.508 e. The second-order valence-electron chi connectivity index (χ2n) is 1.55. The van der Waals surface area contributed by atoms with E-state index in [1.807, 2.05) is 0 Å². The highest BCUT2D eigenvalue weighted by Crippen LogP contribution is 2.13. The number of rotatable bonds is 1. The van der Waals surface area contributed by atoms with Gasteiger partial charge in [0.25, 0.3) is 0 Å². The van der Waals surface area contributed by atoms with E-state index in [4.69, 9.17) is 5.11 Å². The van der Waals surface area contributed by atoms with E-state index in [0.717, 1.165) is 3.57 Å². The maximum atomic E-state index is 10.3. The Morgan fingerprint density at radius 2 is 1.78 bits per heavy atom. The van der Waals surface area contributed by atoms with Crippen molar-refractivity contribution in [3.63, 3.8) is 0 Å². The van der Waals surface area contributed by atoms with Crippen molar-refractivity contribution in [2.75, 3.05) is 0 Å². The third-order valence-electron chi connectivity index (χ3n) is 0.916. The van der Waals surface area contributed by atoms with Crippen LogP contribution in [0.1, 0.15) is 0 Å². The highest BCUT2D eigenvalue weighted by molar-refractivity contribution is 14.1. The first-order chi connectivity index (χ1) is 4.33. The van der Waals surface area contributed by atoms with Crippen molar-refractivity contribution in [3.8, 4) is 5.75 Å². The number of phenols is 1. The summed E-state index contributed by atoms with van der Waals surface area (Å²) in [4.78, 5) is 0. The Morgan fingerprint density at radius 1 is 1.22 bits per heavy atom. The zero-order valence-electron chi connectivity index (χ0n) is 4.54. The van der Waals surface area contributed by atoms with Crippen LogP contribution < -0.4 is 0 Å². The van der Waals surface area contributed by atoms with Crippen molar-refractivity contribution in [2.24, 2.45) is 0 Å². The molecular weight excluding hydrogens is 231 g/mol. The first-order valence-electron chi connectivity index (χ1n) is 2.39. The Hall–Kier alpha value is -0.450. The van der Waals surface area contributed by atoms with Gasteiger partial charge in [-0.05, 0) is 24.3 Å². The van der Waals surface area contributed by atoms with E-state index in [9.17, 15) is 3.07 Å².